The summed E-state index contributed by atoms with van der Waals surface area (Å²) >= 11 is 0. The van der Waals surface area contributed by atoms with Gasteiger partial charge < -0.3 is 9.80 Å². The fourth-order valence-corrected chi connectivity index (χ4v) is 5.15. The van der Waals surface area contributed by atoms with Crippen molar-refractivity contribution in [2.24, 2.45) is 0 Å². The van der Waals surface area contributed by atoms with E-state index in [1.807, 2.05) is 18.2 Å². The van der Waals surface area contributed by atoms with E-state index in [1.165, 1.54) is 44.3 Å². The fraction of sp³-hybridized carbons (Fsp3) is 0.519. The van der Waals surface area contributed by atoms with Crippen LogP contribution < -0.4 is 5.32 Å². The van der Waals surface area contributed by atoms with Gasteiger partial charge in [0.25, 0.3) is 5.91 Å². The number of carbonyl (C=O) groups excluding carboxylic acids is 1. The van der Waals surface area contributed by atoms with Gasteiger partial charge in [0.2, 0.25) is 0 Å². The Morgan fingerprint density at radius 2 is 1.42 bits per heavy atom. The molecule has 2 aromatic carbocycles. The number of para-hydroxylation sites is 1. The minimum Gasteiger partial charge on any atom is -0.320 e. The zero-order valence-corrected chi connectivity index (χ0v) is 22.8. The molecule has 0 atom stereocenters. The smallest absolute Gasteiger partial charge is 0.285 e. The third-order valence-electron chi connectivity index (χ3n) is 7.24. The molecule has 1 saturated heterocycles. The molecule has 31 heavy (non-hydrogen) atoms. The Kier molecular flexibility index (Phi) is 9.92. The van der Waals surface area contributed by atoms with Gasteiger partial charge in [0, 0.05) is 51.2 Å². The first kappa shape index (κ1) is 26.2. The average Bonchev–Trinajstić information content (AvgIpc) is 3.57. The summed E-state index contributed by atoms with van der Waals surface area (Å²) in [6.07, 6.45) is 7.30. The van der Waals surface area contributed by atoms with Crippen LogP contribution in [0.2, 0.25) is 0 Å². The third kappa shape index (κ3) is 6.06. The van der Waals surface area contributed by atoms with Crippen molar-refractivity contribution in [2.45, 2.75) is 71.8 Å². The predicted octanol–water partition coefficient (Wildman–Crippen LogP) is 6.18. The maximum absolute atomic E-state index is 13.3. The summed E-state index contributed by atoms with van der Waals surface area (Å²) in [5, 5.41) is 3.30. The number of amides is 1. The molecule has 1 radical (unpaired) electrons. The summed E-state index contributed by atoms with van der Waals surface area (Å²) in [6.45, 7) is 12.0. The molecular formula is C27H39N2OY+. The van der Waals surface area contributed by atoms with Crippen LogP contribution in [0.4, 0.5) is 5.69 Å². The van der Waals surface area contributed by atoms with Gasteiger partial charge >= 0.3 is 0 Å². The van der Waals surface area contributed by atoms with Crippen molar-refractivity contribution in [3.8, 4) is 0 Å². The number of nitrogens with one attached hydrogen (secondary N) is 1. The zero-order valence-electron chi connectivity index (χ0n) is 19.9. The number of anilines is 1. The fourth-order valence-electron chi connectivity index (χ4n) is 5.15. The maximum atomic E-state index is 13.3. The number of rotatable bonds is 4. The second kappa shape index (κ2) is 11.7. The molecule has 1 aliphatic heterocycles. The molecule has 4 rings (SSSR count). The van der Waals surface area contributed by atoms with Crippen LogP contribution in [-0.4, -0.2) is 35.6 Å². The van der Waals surface area contributed by atoms with Crippen molar-refractivity contribution < 1.29 is 42.0 Å². The molecule has 0 aromatic heterocycles. The van der Waals surface area contributed by atoms with Gasteiger partial charge in [0.15, 0.2) is 5.54 Å². The molecule has 1 amide bonds. The van der Waals surface area contributed by atoms with E-state index < -0.39 is 0 Å². The minimum atomic E-state index is -0.159. The van der Waals surface area contributed by atoms with Crippen LogP contribution in [0.3, 0.4) is 0 Å². The zero-order chi connectivity index (χ0) is 21.6. The van der Waals surface area contributed by atoms with E-state index in [4.69, 9.17) is 0 Å². The number of benzene rings is 2. The van der Waals surface area contributed by atoms with E-state index in [9.17, 15) is 4.79 Å². The van der Waals surface area contributed by atoms with Crippen LogP contribution >= 0.6 is 0 Å². The van der Waals surface area contributed by atoms with Gasteiger partial charge in [0.05, 0.1) is 19.6 Å². The third-order valence-corrected chi connectivity index (χ3v) is 7.24. The van der Waals surface area contributed by atoms with Crippen LogP contribution in [0.1, 0.15) is 62.1 Å². The molecule has 2 fully saturated rings. The van der Waals surface area contributed by atoms with Gasteiger partial charge in [-0.1, -0.05) is 54.1 Å². The van der Waals surface area contributed by atoms with Crippen molar-refractivity contribution in [2.75, 3.05) is 25.0 Å². The Labute approximate surface area is 214 Å². The Morgan fingerprint density at radius 1 is 0.871 bits per heavy atom. The molecule has 1 heterocycles. The first-order chi connectivity index (χ1) is 14.4. The Hall–Kier alpha value is -1.03. The first-order valence-corrected chi connectivity index (χ1v) is 11.7. The van der Waals surface area contributed by atoms with Crippen LogP contribution in [0.5, 0.6) is 0 Å². The molecule has 0 unspecified atom stereocenters. The molecule has 2 aliphatic rings. The molecule has 0 spiro atoms. The monoisotopic (exact) mass is 496 g/mol. The average molecular weight is 497 g/mol. The van der Waals surface area contributed by atoms with Crippen LogP contribution in [0.15, 0.2) is 48.5 Å². The summed E-state index contributed by atoms with van der Waals surface area (Å²) < 4.78 is 1.02. The maximum Gasteiger partial charge on any atom is 0.285 e. The largest absolute Gasteiger partial charge is 0.320 e. The molecular weight excluding hydrogens is 457 g/mol. The van der Waals surface area contributed by atoms with E-state index in [0.29, 0.717) is 0 Å². The van der Waals surface area contributed by atoms with Crippen LogP contribution in [0.25, 0.3) is 0 Å². The SMILES string of the molecule is CC[N+]1(C2(C(=O)Nc3c(C)cccc3C)CC2)CCCCCC1.Cc1ccccc1.[Y]. The van der Waals surface area contributed by atoms with E-state index >= 15 is 0 Å². The van der Waals surface area contributed by atoms with Gasteiger partial charge in [-0.3, -0.25) is 4.79 Å². The Bertz CT molecular complexity index is 817. The number of aryl methyl sites for hydroxylation is 3. The number of likely N-dealkylation sites (N-methyl/N-ethyl adjacent to an activating group) is 1. The summed E-state index contributed by atoms with van der Waals surface area (Å²) in [4.78, 5) is 13.3. The molecule has 3 nitrogen and oxygen atoms in total. The van der Waals surface area contributed by atoms with E-state index in [-0.39, 0.29) is 44.2 Å². The van der Waals surface area contributed by atoms with Gasteiger partial charge in [-0.25, -0.2) is 0 Å². The number of quaternary nitrogens is 1. The molecule has 1 aliphatic carbocycles. The standard InChI is InChI=1S/C20H30N2O.C7H8.Y/c1-4-22(14-7-5-6-8-15-22)20(12-13-20)19(23)21-18-16(2)10-9-11-17(18)3;1-7-5-3-2-4-6-7;/h9-11H,4-8,12-15H2,1-3H3;2-6H,1H3;/p+1. The van der Waals surface area contributed by atoms with E-state index in [0.717, 1.165) is 40.7 Å². The quantitative estimate of drug-likeness (QED) is 0.504. The van der Waals surface area contributed by atoms with Crippen molar-refractivity contribution >= 4 is 11.6 Å². The minimum absolute atomic E-state index is 0. The first-order valence-electron chi connectivity index (χ1n) is 11.7. The number of likely N-dealkylation sites (tertiary alicyclic amines) is 1. The van der Waals surface area contributed by atoms with Gasteiger partial charge in [-0.15, -0.1) is 0 Å². The molecule has 1 saturated carbocycles. The summed E-state index contributed by atoms with van der Waals surface area (Å²) in [5.74, 6) is 0.263. The van der Waals surface area contributed by atoms with Gasteiger partial charge in [-0.2, -0.15) is 0 Å². The summed E-state index contributed by atoms with van der Waals surface area (Å²) in [5.41, 5.74) is 4.50. The normalized spacial score (nSPS) is 18.5. The number of carbonyl (C=O) groups is 1. The molecule has 1 N–H and O–H groups in total. The number of nitrogens with zero attached hydrogens (tertiary/aromatic N) is 1. The summed E-state index contributed by atoms with van der Waals surface area (Å²) in [6, 6.07) is 16.5. The van der Waals surface area contributed by atoms with Crippen molar-refractivity contribution in [1.82, 2.24) is 0 Å². The predicted molar refractivity (Wildman–Crippen MR) is 127 cm³/mol. The second-order valence-electron chi connectivity index (χ2n) is 9.23. The topological polar surface area (TPSA) is 29.1 Å². The number of hydrogen-bond acceptors (Lipinski definition) is 1. The van der Waals surface area contributed by atoms with Crippen LogP contribution in [-0.2, 0) is 37.5 Å². The summed E-state index contributed by atoms with van der Waals surface area (Å²) in [7, 11) is 0. The molecule has 4 heteroatoms. The second-order valence-corrected chi connectivity index (χ2v) is 9.23. The Balaban J connectivity index is 0.000000364. The van der Waals surface area contributed by atoms with Gasteiger partial charge in [0.1, 0.15) is 0 Å². The van der Waals surface area contributed by atoms with Crippen LogP contribution in [0, 0.1) is 20.8 Å². The van der Waals surface area contributed by atoms with Crippen molar-refractivity contribution in [3.63, 3.8) is 0 Å². The number of hydrogen-bond donors (Lipinski definition) is 1. The van der Waals surface area contributed by atoms with E-state index in [1.54, 1.807) is 0 Å². The molecule has 165 valence electrons. The van der Waals surface area contributed by atoms with Crippen molar-refractivity contribution in [3.05, 3.63) is 65.2 Å². The Morgan fingerprint density at radius 3 is 1.84 bits per heavy atom. The van der Waals surface area contributed by atoms with E-state index in [2.05, 4.69) is 63.3 Å². The molecule has 2 aromatic rings. The molecule has 0 bridgehead atoms. The van der Waals surface area contributed by atoms with Crippen molar-refractivity contribution in [1.29, 1.82) is 0 Å². The van der Waals surface area contributed by atoms with Gasteiger partial charge in [-0.05, 0) is 64.5 Å².